The van der Waals surface area contributed by atoms with E-state index in [2.05, 4.69) is 0 Å². The summed E-state index contributed by atoms with van der Waals surface area (Å²) in [7, 11) is 0. The molecule has 0 spiro atoms. The number of hydrogen-bond acceptors (Lipinski definition) is 1. The van der Waals surface area contributed by atoms with Crippen molar-refractivity contribution in [1.29, 1.82) is 0 Å². The Morgan fingerprint density at radius 1 is 0.857 bits per heavy atom. The summed E-state index contributed by atoms with van der Waals surface area (Å²) in [6, 6.07) is 0. The summed E-state index contributed by atoms with van der Waals surface area (Å²) < 4.78 is 0. The predicted molar refractivity (Wildman–Crippen MR) is 55.8 cm³/mol. The number of rotatable bonds is 1. The molecule has 0 heterocycles. The van der Waals surface area contributed by atoms with E-state index in [1.54, 1.807) is 0 Å². The van der Waals surface area contributed by atoms with E-state index in [1.807, 2.05) is 0 Å². The van der Waals surface area contributed by atoms with E-state index in [1.165, 1.54) is 51.2 Å². The van der Waals surface area contributed by atoms with Gasteiger partial charge in [-0.25, -0.2) is 0 Å². The molecular formula is C13H20O. The van der Waals surface area contributed by atoms with E-state index >= 15 is 0 Å². The van der Waals surface area contributed by atoms with Crippen LogP contribution in [0.1, 0.15) is 44.9 Å². The third-order valence-electron chi connectivity index (χ3n) is 5.19. The Kier molecular flexibility index (Phi) is 2.14. The van der Waals surface area contributed by atoms with Crippen LogP contribution < -0.4 is 0 Å². The Bertz CT molecular complexity index is 235. The van der Waals surface area contributed by atoms with Gasteiger partial charge in [-0.1, -0.05) is 19.3 Å². The molecule has 0 radical (unpaired) electrons. The second-order valence-electron chi connectivity index (χ2n) is 5.65. The molecule has 78 valence electrons. The first-order chi connectivity index (χ1) is 6.90. The van der Waals surface area contributed by atoms with Crippen LogP contribution in [-0.4, -0.2) is 6.29 Å². The van der Waals surface area contributed by atoms with Crippen molar-refractivity contribution in [1.82, 2.24) is 0 Å². The van der Waals surface area contributed by atoms with E-state index in [0.29, 0.717) is 5.92 Å². The fourth-order valence-corrected chi connectivity index (χ4v) is 4.68. The molecule has 3 fully saturated rings. The maximum absolute atomic E-state index is 11.1. The van der Waals surface area contributed by atoms with Gasteiger partial charge in [0.1, 0.15) is 6.29 Å². The normalized spacial score (nSPS) is 51.3. The van der Waals surface area contributed by atoms with Gasteiger partial charge in [-0.15, -0.1) is 0 Å². The summed E-state index contributed by atoms with van der Waals surface area (Å²) in [5.74, 6) is 4.09. The lowest BCUT2D eigenvalue weighted by Crippen LogP contribution is -2.35. The van der Waals surface area contributed by atoms with Gasteiger partial charge in [0.25, 0.3) is 0 Å². The van der Waals surface area contributed by atoms with Crippen LogP contribution in [0.5, 0.6) is 0 Å². The van der Waals surface area contributed by atoms with Crippen molar-refractivity contribution in [2.24, 2.45) is 29.6 Å². The van der Waals surface area contributed by atoms with Gasteiger partial charge in [0.15, 0.2) is 0 Å². The molecule has 0 saturated heterocycles. The number of carbonyl (C=O) groups is 1. The maximum Gasteiger partial charge on any atom is 0.123 e. The molecule has 3 aliphatic rings. The van der Waals surface area contributed by atoms with Gasteiger partial charge in [0.2, 0.25) is 0 Å². The summed E-state index contributed by atoms with van der Waals surface area (Å²) in [5, 5.41) is 0. The number of hydrogen-bond donors (Lipinski definition) is 0. The molecule has 3 saturated carbocycles. The van der Waals surface area contributed by atoms with Gasteiger partial charge < -0.3 is 4.79 Å². The zero-order chi connectivity index (χ0) is 9.54. The highest BCUT2D eigenvalue weighted by Gasteiger charge is 2.47. The first-order valence-electron chi connectivity index (χ1n) is 6.35. The Hall–Kier alpha value is -0.330. The smallest absolute Gasteiger partial charge is 0.123 e. The molecular weight excluding hydrogens is 172 g/mol. The number of fused-ring (bicyclic) bond motifs is 3. The molecule has 0 aliphatic heterocycles. The molecule has 0 aromatic heterocycles. The molecule has 0 N–H and O–H groups in total. The SMILES string of the molecule is O=CC1CC2CCCC2C2CCCC12. The molecule has 5 atom stereocenters. The average molecular weight is 192 g/mol. The molecule has 1 nitrogen and oxygen atoms in total. The Morgan fingerprint density at radius 3 is 2.43 bits per heavy atom. The van der Waals surface area contributed by atoms with E-state index < -0.39 is 0 Å². The van der Waals surface area contributed by atoms with Crippen LogP contribution in [-0.2, 0) is 4.79 Å². The van der Waals surface area contributed by atoms with Crippen LogP contribution in [0.25, 0.3) is 0 Å². The van der Waals surface area contributed by atoms with Crippen LogP contribution in [0, 0.1) is 29.6 Å². The summed E-state index contributed by atoms with van der Waals surface area (Å²) in [5.41, 5.74) is 0. The summed E-state index contributed by atoms with van der Waals surface area (Å²) >= 11 is 0. The van der Waals surface area contributed by atoms with Crippen molar-refractivity contribution in [3.8, 4) is 0 Å². The fraction of sp³-hybridized carbons (Fsp3) is 0.923. The average Bonchev–Trinajstić information content (AvgIpc) is 2.83. The highest BCUT2D eigenvalue weighted by Crippen LogP contribution is 2.55. The summed E-state index contributed by atoms with van der Waals surface area (Å²) in [6.07, 6.45) is 11.0. The van der Waals surface area contributed by atoms with Crippen molar-refractivity contribution in [3.63, 3.8) is 0 Å². The van der Waals surface area contributed by atoms with Crippen LogP contribution >= 0.6 is 0 Å². The second kappa shape index (κ2) is 3.36. The fourth-order valence-electron chi connectivity index (χ4n) is 4.68. The number of aldehydes is 1. The standard InChI is InChI=1S/C13H20O/c14-8-10-7-9-3-1-4-11(9)13-6-2-5-12(10)13/h8-13H,1-7H2. The highest BCUT2D eigenvalue weighted by atomic mass is 16.1. The predicted octanol–water partition coefficient (Wildman–Crippen LogP) is 3.04. The molecule has 0 amide bonds. The first kappa shape index (κ1) is 8.94. The number of carbonyl (C=O) groups excluding carboxylic acids is 1. The van der Waals surface area contributed by atoms with Crippen LogP contribution in [0.2, 0.25) is 0 Å². The summed E-state index contributed by atoms with van der Waals surface area (Å²) in [6.45, 7) is 0. The third-order valence-corrected chi connectivity index (χ3v) is 5.19. The minimum absolute atomic E-state index is 0.432. The molecule has 3 aliphatic carbocycles. The quantitative estimate of drug-likeness (QED) is 0.584. The van der Waals surface area contributed by atoms with Gasteiger partial charge >= 0.3 is 0 Å². The first-order valence-corrected chi connectivity index (χ1v) is 6.35. The Balaban J connectivity index is 1.85. The second-order valence-corrected chi connectivity index (χ2v) is 5.65. The van der Waals surface area contributed by atoms with Gasteiger partial charge in [-0.2, -0.15) is 0 Å². The van der Waals surface area contributed by atoms with Crippen LogP contribution in [0.4, 0.5) is 0 Å². The lowest BCUT2D eigenvalue weighted by Gasteiger charge is -2.40. The van der Waals surface area contributed by atoms with Crippen molar-refractivity contribution in [3.05, 3.63) is 0 Å². The molecule has 1 heteroatoms. The maximum atomic E-state index is 11.1. The Labute approximate surface area is 86.3 Å². The van der Waals surface area contributed by atoms with Gasteiger partial charge in [-0.05, 0) is 49.4 Å². The van der Waals surface area contributed by atoms with Gasteiger partial charge in [0.05, 0.1) is 0 Å². The minimum Gasteiger partial charge on any atom is -0.303 e. The third kappa shape index (κ3) is 1.17. The van der Waals surface area contributed by atoms with E-state index in [9.17, 15) is 4.79 Å². The van der Waals surface area contributed by atoms with Crippen LogP contribution in [0.3, 0.4) is 0 Å². The van der Waals surface area contributed by atoms with Crippen molar-refractivity contribution in [2.45, 2.75) is 44.9 Å². The summed E-state index contributed by atoms with van der Waals surface area (Å²) in [4.78, 5) is 11.1. The Morgan fingerprint density at radius 2 is 1.57 bits per heavy atom. The van der Waals surface area contributed by atoms with Gasteiger partial charge in [-0.3, -0.25) is 0 Å². The molecule has 5 unspecified atom stereocenters. The minimum atomic E-state index is 0.432. The van der Waals surface area contributed by atoms with Crippen LogP contribution in [0.15, 0.2) is 0 Å². The van der Waals surface area contributed by atoms with Crippen molar-refractivity contribution >= 4 is 6.29 Å². The monoisotopic (exact) mass is 192 g/mol. The molecule has 0 bridgehead atoms. The molecule has 0 aromatic rings. The van der Waals surface area contributed by atoms with Gasteiger partial charge in [0, 0.05) is 5.92 Å². The zero-order valence-corrected chi connectivity index (χ0v) is 8.82. The van der Waals surface area contributed by atoms with E-state index in [4.69, 9.17) is 0 Å². The molecule has 14 heavy (non-hydrogen) atoms. The topological polar surface area (TPSA) is 17.1 Å². The zero-order valence-electron chi connectivity index (χ0n) is 8.82. The highest BCUT2D eigenvalue weighted by molar-refractivity contribution is 5.54. The van der Waals surface area contributed by atoms with Crippen molar-refractivity contribution < 1.29 is 4.79 Å². The van der Waals surface area contributed by atoms with Crippen molar-refractivity contribution in [2.75, 3.05) is 0 Å². The lowest BCUT2D eigenvalue weighted by molar-refractivity contribution is -0.115. The van der Waals surface area contributed by atoms with E-state index in [0.717, 1.165) is 23.7 Å². The molecule has 0 aromatic carbocycles. The van der Waals surface area contributed by atoms with E-state index in [-0.39, 0.29) is 0 Å². The lowest BCUT2D eigenvalue weighted by atomic mass is 9.65. The largest absolute Gasteiger partial charge is 0.303 e. The molecule has 3 rings (SSSR count).